The Morgan fingerprint density at radius 3 is 2.82 bits per heavy atom. The molecule has 0 fully saturated rings. The van der Waals surface area contributed by atoms with Crippen LogP contribution < -0.4 is 4.74 Å². The molecule has 4 rings (SSSR count). The molecule has 2 aromatic carbocycles. The number of ether oxygens (including phenoxy) is 1. The summed E-state index contributed by atoms with van der Waals surface area (Å²) in [7, 11) is 0. The van der Waals surface area contributed by atoms with E-state index in [2.05, 4.69) is 24.1 Å². The van der Waals surface area contributed by atoms with Gasteiger partial charge in [0.1, 0.15) is 5.75 Å². The first-order valence-corrected chi connectivity index (χ1v) is 8.01. The van der Waals surface area contributed by atoms with Gasteiger partial charge in [-0.05, 0) is 23.8 Å². The molecule has 2 heterocycles. The minimum absolute atomic E-state index is 0.0140. The second-order valence-electron chi connectivity index (χ2n) is 5.68. The Morgan fingerprint density at radius 2 is 2.05 bits per heavy atom. The number of nitrogens with zero attached hydrogens (tertiary/aromatic N) is 2. The Labute approximate surface area is 135 Å². The van der Waals surface area contributed by atoms with Crippen LogP contribution in [0.2, 0.25) is 5.02 Å². The molecule has 0 saturated heterocycles. The topological polar surface area (TPSA) is 24.8 Å². The Hall–Kier alpha value is -2.00. The van der Waals surface area contributed by atoms with Gasteiger partial charge in [0.2, 0.25) is 0 Å². The van der Waals surface area contributed by atoms with Gasteiger partial charge < -0.3 is 4.74 Å². The van der Waals surface area contributed by atoms with Gasteiger partial charge in [0.25, 0.3) is 0 Å². The third kappa shape index (κ3) is 2.17. The fourth-order valence-corrected chi connectivity index (χ4v) is 3.39. The Kier molecular flexibility index (Phi) is 3.30. The van der Waals surface area contributed by atoms with E-state index >= 15 is 0 Å². The van der Waals surface area contributed by atoms with Crippen LogP contribution in [-0.4, -0.2) is 16.9 Å². The highest BCUT2D eigenvalue weighted by atomic mass is 35.5. The van der Waals surface area contributed by atoms with Gasteiger partial charge in [0.15, 0.2) is 6.23 Å². The molecule has 2 aliphatic heterocycles. The van der Waals surface area contributed by atoms with Crippen LogP contribution in [0.25, 0.3) is 0 Å². The summed E-state index contributed by atoms with van der Waals surface area (Å²) in [5.41, 5.74) is 3.42. The number of benzene rings is 2. The largest absolute Gasteiger partial charge is 0.469 e. The summed E-state index contributed by atoms with van der Waals surface area (Å²) in [4.78, 5) is 0. The van der Waals surface area contributed by atoms with E-state index in [-0.39, 0.29) is 12.3 Å². The quantitative estimate of drug-likeness (QED) is 0.808. The van der Waals surface area contributed by atoms with Crippen LogP contribution >= 0.6 is 11.6 Å². The number of hydrogen-bond acceptors (Lipinski definition) is 3. The molecule has 0 spiro atoms. The first kappa shape index (κ1) is 13.6. The van der Waals surface area contributed by atoms with Crippen molar-refractivity contribution in [1.82, 2.24) is 5.01 Å². The highest BCUT2D eigenvalue weighted by molar-refractivity contribution is 6.30. The van der Waals surface area contributed by atoms with Gasteiger partial charge in [0.05, 0.1) is 11.8 Å². The second-order valence-corrected chi connectivity index (χ2v) is 6.11. The minimum Gasteiger partial charge on any atom is -0.469 e. The van der Waals surface area contributed by atoms with Crippen LogP contribution in [-0.2, 0) is 0 Å². The van der Waals surface area contributed by atoms with E-state index in [4.69, 9.17) is 21.4 Å². The lowest BCUT2D eigenvalue weighted by Crippen LogP contribution is -2.39. The summed E-state index contributed by atoms with van der Waals surface area (Å²) in [6.45, 7) is 2.12. The summed E-state index contributed by atoms with van der Waals surface area (Å²) in [6, 6.07) is 16.4. The fourth-order valence-electron chi connectivity index (χ4n) is 3.21. The average molecular weight is 313 g/mol. The van der Waals surface area contributed by atoms with Crippen molar-refractivity contribution in [3.8, 4) is 5.75 Å². The zero-order valence-corrected chi connectivity index (χ0v) is 13.1. The monoisotopic (exact) mass is 312 g/mol. The van der Waals surface area contributed by atoms with E-state index in [1.54, 1.807) is 0 Å². The van der Waals surface area contributed by atoms with Crippen LogP contribution in [0, 0.1) is 0 Å². The van der Waals surface area contributed by atoms with Crippen molar-refractivity contribution in [1.29, 1.82) is 0 Å². The van der Waals surface area contributed by atoms with Crippen LogP contribution in [0.3, 0.4) is 0 Å². The van der Waals surface area contributed by atoms with Crippen LogP contribution in [0.4, 0.5) is 0 Å². The molecule has 2 aromatic rings. The highest BCUT2D eigenvalue weighted by Gasteiger charge is 2.39. The molecule has 3 nitrogen and oxygen atoms in total. The maximum Gasteiger partial charge on any atom is 0.187 e. The molecule has 0 unspecified atom stereocenters. The first-order valence-electron chi connectivity index (χ1n) is 7.63. The molecule has 4 heteroatoms. The van der Waals surface area contributed by atoms with Gasteiger partial charge in [-0.3, -0.25) is 5.01 Å². The first-order chi connectivity index (χ1) is 10.8. The molecular weight excluding hydrogens is 296 g/mol. The van der Waals surface area contributed by atoms with E-state index in [9.17, 15) is 0 Å². The molecule has 22 heavy (non-hydrogen) atoms. The van der Waals surface area contributed by atoms with Gasteiger partial charge in [-0.15, -0.1) is 0 Å². The zero-order valence-electron chi connectivity index (χ0n) is 12.4. The molecule has 0 aliphatic carbocycles. The van der Waals surface area contributed by atoms with E-state index in [0.717, 1.165) is 34.9 Å². The second kappa shape index (κ2) is 5.33. The van der Waals surface area contributed by atoms with Gasteiger partial charge in [-0.25, -0.2) is 0 Å². The highest BCUT2D eigenvalue weighted by Crippen LogP contribution is 2.44. The smallest absolute Gasteiger partial charge is 0.187 e. The molecule has 0 amide bonds. The summed E-state index contributed by atoms with van der Waals surface area (Å²) in [5.74, 6) is 0.932. The predicted octanol–water partition coefficient (Wildman–Crippen LogP) is 4.62. The van der Waals surface area contributed by atoms with Gasteiger partial charge in [-0.1, -0.05) is 48.9 Å². The summed E-state index contributed by atoms with van der Waals surface area (Å²) in [5, 5.41) is 7.68. The van der Waals surface area contributed by atoms with Crippen LogP contribution in [0.1, 0.15) is 36.9 Å². The lowest BCUT2D eigenvalue weighted by atomic mass is 9.96. The number of hydrazone groups is 1. The van der Waals surface area contributed by atoms with E-state index < -0.39 is 0 Å². The van der Waals surface area contributed by atoms with E-state index in [0.29, 0.717) is 0 Å². The number of rotatable bonds is 2. The minimum atomic E-state index is -0.0140. The fraction of sp³-hybridized carbons (Fsp3) is 0.278. The molecule has 0 saturated carbocycles. The van der Waals surface area contributed by atoms with Gasteiger partial charge in [0, 0.05) is 23.4 Å². The number of hydrogen-bond donors (Lipinski definition) is 0. The third-order valence-corrected chi connectivity index (χ3v) is 4.52. The van der Waals surface area contributed by atoms with Crippen molar-refractivity contribution in [3.63, 3.8) is 0 Å². The molecule has 2 aliphatic rings. The molecule has 0 radical (unpaired) electrons. The maximum absolute atomic E-state index is 6.18. The third-order valence-electron chi connectivity index (χ3n) is 4.29. The van der Waals surface area contributed by atoms with Crippen LogP contribution in [0.15, 0.2) is 53.6 Å². The van der Waals surface area contributed by atoms with Crippen molar-refractivity contribution in [2.75, 3.05) is 0 Å². The SMILES string of the molecule is CC[C@@H]1Oc2ccc(Cl)cc2[C@@H]2CC(c3ccccc3)=NN12. The number of fused-ring (bicyclic) bond motifs is 3. The van der Waals surface area contributed by atoms with Crippen molar-refractivity contribution in [3.05, 3.63) is 64.7 Å². The van der Waals surface area contributed by atoms with Gasteiger partial charge in [-0.2, -0.15) is 5.10 Å². The number of halogens is 1. The van der Waals surface area contributed by atoms with Crippen molar-refractivity contribution < 1.29 is 4.74 Å². The standard InChI is InChI=1S/C18H17ClN2O/c1-2-18-21-16(14-10-13(19)8-9-17(14)22-18)11-15(20-21)12-6-4-3-5-7-12/h3-10,16,18H,2,11H2,1H3/t16-,18-/m0/s1. The van der Waals surface area contributed by atoms with E-state index in [1.807, 2.05) is 36.4 Å². The maximum atomic E-state index is 6.18. The Balaban J connectivity index is 1.75. The molecule has 0 N–H and O–H groups in total. The average Bonchev–Trinajstić information content (AvgIpc) is 3.01. The predicted molar refractivity (Wildman–Crippen MR) is 88.3 cm³/mol. The summed E-state index contributed by atoms with van der Waals surface area (Å²) in [6.07, 6.45) is 1.77. The molecular formula is C18H17ClN2O. The van der Waals surface area contributed by atoms with Crippen molar-refractivity contribution >= 4 is 17.3 Å². The van der Waals surface area contributed by atoms with Crippen molar-refractivity contribution in [2.45, 2.75) is 32.0 Å². The zero-order chi connectivity index (χ0) is 15.1. The Morgan fingerprint density at radius 1 is 1.23 bits per heavy atom. The Bertz CT molecular complexity index is 729. The molecule has 2 atom stereocenters. The normalized spacial score (nSPS) is 22.6. The van der Waals surface area contributed by atoms with Crippen LogP contribution in [0.5, 0.6) is 5.75 Å². The summed E-state index contributed by atoms with van der Waals surface area (Å²) >= 11 is 6.18. The lowest BCUT2D eigenvalue weighted by Gasteiger charge is -2.37. The van der Waals surface area contributed by atoms with E-state index in [1.165, 1.54) is 5.56 Å². The lowest BCUT2D eigenvalue weighted by molar-refractivity contribution is -0.0188. The molecule has 0 aromatic heterocycles. The summed E-state index contributed by atoms with van der Waals surface area (Å²) < 4.78 is 6.09. The molecule has 0 bridgehead atoms. The van der Waals surface area contributed by atoms with Gasteiger partial charge >= 0.3 is 0 Å². The van der Waals surface area contributed by atoms with Crippen molar-refractivity contribution in [2.24, 2.45) is 5.10 Å². The molecule has 112 valence electrons.